The van der Waals surface area contributed by atoms with E-state index in [2.05, 4.69) is 10.9 Å². The molecule has 0 fully saturated rings. The minimum atomic E-state index is -0.420. The van der Waals surface area contributed by atoms with Crippen molar-refractivity contribution in [2.45, 2.75) is 12.8 Å². The Morgan fingerprint density at radius 1 is 0.960 bits per heavy atom. The number of carbonyl (C=O) groups is 2. The van der Waals surface area contributed by atoms with Gasteiger partial charge in [0.1, 0.15) is 13.2 Å². The highest BCUT2D eigenvalue weighted by atomic mass is 35.5. The van der Waals surface area contributed by atoms with Gasteiger partial charge in [0.05, 0.1) is 0 Å². The van der Waals surface area contributed by atoms with E-state index in [9.17, 15) is 9.59 Å². The molecule has 2 aromatic carbocycles. The number of rotatable bonds is 4. The standard InChI is InChI=1S/C18H17ClN2O4/c19-14-5-1-12(2-6-14)3-8-17(22)20-21-18(23)13-4-7-15-16(11-13)25-10-9-24-15/h1-2,4-7,11H,3,8-10H2,(H,20,22)(H,21,23). The lowest BCUT2D eigenvalue weighted by atomic mass is 10.1. The van der Waals surface area contributed by atoms with E-state index in [4.69, 9.17) is 21.1 Å². The maximum atomic E-state index is 12.1. The number of hydrogen-bond acceptors (Lipinski definition) is 4. The van der Waals surface area contributed by atoms with Crippen LogP contribution in [0.25, 0.3) is 0 Å². The largest absolute Gasteiger partial charge is 0.486 e. The van der Waals surface area contributed by atoms with Crippen molar-refractivity contribution in [2.75, 3.05) is 13.2 Å². The Labute approximate surface area is 150 Å². The smallest absolute Gasteiger partial charge is 0.269 e. The highest BCUT2D eigenvalue weighted by molar-refractivity contribution is 6.30. The fourth-order valence-electron chi connectivity index (χ4n) is 2.35. The summed E-state index contributed by atoms with van der Waals surface area (Å²) in [6, 6.07) is 12.2. The van der Waals surface area contributed by atoms with Gasteiger partial charge in [-0.15, -0.1) is 0 Å². The Balaban J connectivity index is 1.48. The zero-order valence-corrected chi connectivity index (χ0v) is 14.1. The number of carbonyl (C=O) groups excluding carboxylic acids is 2. The van der Waals surface area contributed by atoms with Gasteiger partial charge < -0.3 is 9.47 Å². The number of aryl methyl sites for hydroxylation is 1. The normalized spacial score (nSPS) is 12.4. The predicted molar refractivity (Wildman–Crippen MR) is 92.8 cm³/mol. The first-order valence-corrected chi connectivity index (χ1v) is 8.23. The molecule has 1 heterocycles. The second-order valence-corrected chi connectivity index (χ2v) is 5.92. The Bertz CT molecular complexity index is 777. The molecular weight excluding hydrogens is 344 g/mol. The van der Waals surface area contributed by atoms with Crippen molar-refractivity contribution in [1.29, 1.82) is 0 Å². The van der Waals surface area contributed by atoms with Crippen LogP contribution in [0, 0.1) is 0 Å². The van der Waals surface area contributed by atoms with E-state index in [1.54, 1.807) is 30.3 Å². The Morgan fingerprint density at radius 3 is 2.44 bits per heavy atom. The minimum Gasteiger partial charge on any atom is -0.486 e. The molecule has 2 N–H and O–H groups in total. The molecule has 0 aromatic heterocycles. The van der Waals surface area contributed by atoms with E-state index < -0.39 is 5.91 Å². The number of amides is 2. The molecular formula is C18H17ClN2O4. The van der Waals surface area contributed by atoms with Gasteiger partial charge in [-0.05, 0) is 42.3 Å². The van der Waals surface area contributed by atoms with E-state index in [1.165, 1.54) is 0 Å². The third-order valence-electron chi connectivity index (χ3n) is 3.67. The number of halogens is 1. The van der Waals surface area contributed by atoms with Crippen LogP contribution >= 0.6 is 11.6 Å². The van der Waals surface area contributed by atoms with E-state index in [0.29, 0.717) is 41.7 Å². The number of hydrogen-bond donors (Lipinski definition) is 2. The van der Waals surface area contributed by atoms with Crippen molar-refractivity contribution < 1.29 is 19.1 Å². The van der Waals surface area contributed by atoms with Gasteiger partial charge in [-0.3, -0.25) is 20.4 Å². The van der Waals surface area contributed by atoms with E-state index >= 15 is 0 Å². The number of nitrogens with one attached hydrogen (secondary N) is 2. The molecule has 0 aliphatic carbocycles. The molecule has 0 atom stereocenters. The van der Waals surface area contributed by atoms with Crippen LogP contribution in [0.4, 0.5) is 0 Å². The van der Waals surface area contributed by atoms with Crippen molar-refractivity contribution in [1.82, 2.24) is 10.9 Å². The van der Waals surface area contributed by atoms with Crippen LogP contribution in [-0.2, 0) is 11.2 Å². The molecule has 0 bridgehead atoms. The molecule has 0 saturated carbocycles. The molecule has 25 heavy (non-hydrogen) atoms. The summed E-state index contributed by atoms with van der Waals surface area (Å²) < 4.78 is 10.8. The van der Waals surface area contributed by atoms with Gasteiger partial charge in [0.15, 0.2) is 11.5 Å². The summed E-state index contributed by atoms with van der Waals surface area (Å²) >= 11 is 5.82. The van der Waals surface area contributed by atoms with Gasteiger partial charge in [-0.2, -0.15) is 0 Å². The summed E-state index contributed by atoms with van der Waals surface area (Å²) in [5, 5.41) is 0.653. The van der Waals surface area contributed by atoms with E-state index in [-0.39, 0.29) is 12.3 Å². The van der Waals surface area contributed by atoms with Gasteiger partial charge in [-0.1, -0.05) is 23.7 Å². The molecule has 3 rings (SSSR count). The fourth-order valence-corrected chi connectivity index (χ4v) is 2.48. The van der Waals surface area contributed by atoms with Crippen LogP contribution in [0.2, 0.25) is 5.02 Å². The lowest BCUT2D eigenvalue weighted by molar-refractivity contribution is -0.121. The Morgan fingerprint density at radius 2 is 1.68 bits per heavy atom. The third-order valence-corrected chi connectivity index (χ3v) is 3.93. The average molecular weight is 361 g/mol. The lowest BCUT2D eigenvalue weighted by Gasteiger charge is -2.18. The fraction of sp³-hybridized carbons (Fsp3) is 0.222. The molecule has 2 amide bonds. The second-order valence-electron chi connectivity index (χ2n) is 5.49. The number of hydrazine groups is 1. The van der Waals surface area contributed by atoms with E-state index in [0.717, 1.165) is 5.56 Å². The van der Waals surface area contributed by atoms with Crippen molar-refractivity contribution in [3.8, 4) is 11.5 Å². The minimum absolute atomic E-state index is 0.253. The molecule has 1 aliphatic heterocycles. The second kappa shape index (κ2) is 7.90. The van der Waals surface area contributed by atoms with Crippen molar-refractivity contribution >= 4 is 23.4 Å². The van der Waals surface area contributed by atoms with Crippen LogP contribution in [0.3, 0.4) is 0 Å². The molecule has 0 saturated heterocycles. The summed E-state index contributed by atoms with van der Waals surface area (Å²) in [5.41, 5.74) is 6.18. The predicted octanol–water partition coefficient (Wildman–Crippen LogP) is 2.50. The average Bonchev–Trinajstić information content (AvgIpc) is 2.65. The molecule has 2 aromatic rings. The molecule has 1 aliphatic rings. The molecule has 130 valence electrons. The summed E-state index contributed by atoms with van der Waals surface area (Å²) in [5.74, 6) is 0.431. The van der Waals surface area contributed by atoms with Crippen molar-refractivity contribution in [2.24, 2.45) is 0 Å². The van der Waals surface area contributed by atoms with Gasteiger partial charge >= 0.3 is 0 Å². The van der Waals surface area contributed by atoms with Gasteiger partial charge in [-0.25, -0.2) is 0 Å². The summed E-state index contributed by atoms with van der Waals surface area (Å²) in [6.45, 7) is 0.932. The van der Waals surface area contributed by atoms with Gasteiger partial charge in [0, 0.05) is 17.0 Å². The first-order valence-electron chi connectivity index (χ1n) is 7.85. The zero-order valence-electron chi connectivity index (χ0n) is 13.4. The van der Waals surface area contributed by atoms with Crippen LogP contribution in [0.1, 0.15) is 22.3 Å². The number of ether oxygens (including phenoxy) is 2. The molecule has 6 nitrogen and oxygen atoms in total. The lowest BCUT2D eigenvalue weighted by Crippen LogP contribution is -2.41. The van der Waals surface area contributed by atoms with Crippen LogP contribution in [0.15, 0.2) is 42.5 Å². The first kappa shape index (κ1) is 17.1. The number of fused-ring (bicyclic) bond motifs is 1. The van der Waals surface area contributed by atoms with Crippen molar-refractivity contribution in [3.63, 3.8) is 0 Å². The zero-order chi connectivity index (χ0) is 17.6. The van der Waals surface area contributed by atoms with Gasteiger partial charge in [0.25, 0.3) is 5.91 Å². The molecule has 7 heteroatoms. The summed E-state index contributed by atoms with van der Waals surface area (Å²) in [7, 11) is 0. The molecule has 0 unspecified atom stereocenters. The summed E-state index contributed by atoms with van der Waals surface area (Å²) in [4.78, 5) is 24.0. The van der Waals surface area contributed by atoms with Gasteiger partial charge in [0.2, 0.25) is 5.91 Å². The molecule has 0 spiro atoms. The Hall–Kier alpha value is -2.73. The maximum absolute atomic E-state index is 12.1. The van der Waals surface area contributed by atoms with Crippen LogP contribution in [-0.4, -0.2) is 25.0 Å². The number of benzene rings is 2. The first-order chi connectivity index (χ1) is 12.1. The van der Waals surface area contributed by atoms with Crippen molar-refractivity contribution in [3.05, 3.63) is 58.6 Å². The van der Waals surface area contributed by atoms with Crippen LogP contribution in [0.5, 0.6) is 11.5 Å². The highest BCUT2D eigenvalue weighted by Gasteiger charge is 2.15. The molecule has 0 radical (unpaired) electrons. The SMILES string of the molecule is O=C(CCc1ccc(Cl)cc1)NNC(=O)c1ccc2c(c1)OCCO2. The Kier molecular flexibility index (Phi) is 5.40. The highest BCUT2D eigenvalue weighted by Crippen LogP contribution is 2.30. The monoisotopic (exact) mass is 360 g/mol. The topological polar surface area (TPSA) is 76.7 Å². The summed E-state index contributed by atoms with van der Waals surface area (Å²) in [6.07, 6.45) is 0.811. The third kappa shape index (κ3) is 4.64. The van der Waals surface area contributed by atoms with E-state index in [1.807, 2.05) is 12.1 Å². The van der Waals surface area contributed by atoms with Crippen LogP contribution < -0.4 is 20.3 Å². The quantitative estimate of drug-likeness (QED) is 0.821. The maximum Gasteiger partial charge on any atom is 0.269 e.